The second-order valence-corrected chi connectivity index (χ2v) is 11.1. The number of nitrogens with zero attached hydrogens (tertiary/aromatic N) is 4. The van der Waals surface area contributed by atoms with Gasteiger partial charge in [0, 0.05) is 36.3 Å². The van der Waals surface area contributed by atoms with Gasteiger partial charge in [-0.15, -0.1) is 0 Å². The molecule has 6 rings (SSSR count). The Kier molecular flexibility index (Phi) is 6.90. The molecule has 6 heteroatoms. The fourth-order valence-electron chi connectivity index (χ4n) is 4.65. The van der Waals surface area contributed by atoms with Crippen LogP contribution in [0.4, 0.5) is 0 Å². The molecule has 0 N–H and O–H groups in total. The summed E-state index contributed by atoms with van der Waals surface area (Å²) in [5, 5.41) is 10.00. The molecule has 0 aliphatic heterocycles. The van der Waals surface area contributed by atoms with Crippen LogP contribution in [0.25, 0.3) is 45.0 Å². The summed E-state index contributed by atoms with van der Waals surface area (Å²) in [7, 11) is 7.55. The maximum Gasteiger partial charge on any atom is 0.107 e. The van der Waals surface area contributed by atoms with Gasteiger partial charge in [0.25, 0.3) is 0 Å². The van der Waals surface area contributed by atoms with Crippen molar-refractivity contribution < 1.29 is 0 Å². The van der Waals surface area contributed by atoms with Gasteiger partial charge in [-0.25, -0.2) is 0 Å². The summed E-state index contributed by atoms with van der Waals surface area (Å²) in [4.78, 5) is 2.27. The van der Waals surface area contributed by atoms with Gasteiger partial charge in [-0.2, -0.15) is 10.2 Å². The van der Waals surface area contributed by atoms with Crippen LogP contribution in [0.2, 0.25) is 0 Å². The SMILES string of the molecule is Cn1nc(-c2ccccc2)c(SSc2c(-c3ccccc3)nn(C)c2-c2ccccc2)c1-c1ccccc1. The van der Waals surface area contributed by atoms with E-state index in [-0.39, 0.29) is 0 Å². The topological polar surface area (TPSA) is 35.6 Å². The van der Waals surface area contributed by atoms with Crippen molar-refractivity contribution in [3.63, 3.8) is 0 Å². The molecule has 6 aromatic rings. The van der Waals surface area contributed by atoms with Crippen LogP contribution < -0.4 is 0 Å². The Balaban J connectivity index is 1.50. The monoisotopic (exact) mass is 530 g/mol. The van der Waals surface area contributed by atoms with E-state index in [1.165, 1.54) is 0 Å². The van der Waals surface area contributed by atoms with E-state index < -0.39 is 0 Å². The highest BCUT2D eigenvalue weighted by molar-refractivity contribution is 8.76. The summed E-state index contributed by atoms with van der Waals surface area (Å²) in [6.45, 7) is 0. The summed E-state index contributed by atoms with van der Waals surface area (Å²) in [6, 6.07) is 41.8. The van der Waals surface area contributed by atoms with Crippen LogP contribution in [0.3, 0.4) is 0 Å². The molecular weight excluding hydrogens is 505 g/mol. The van der Waals surface area contributed by atoms with Crippen molar-refractivity contribution in [3.8, 4) is 45.0 Å². The molecule has 38 heavy (non-hydrogen) atoms. The van der Waals surface area contributed by atoms with Crippen molar-refractivity contribution in [2.75, 3.05) is 0 Å². The lowest BCUT2D eigenvalue weighted by molar-refractivity contribution is 0.778. The lowest BCUT2D eigenvalue weighted by Crippen LogP contribution is -1.94. The molecule has 0 unspecified atom stereocenters. The van der Waals surface area contributed by atoms with Gasteiger partial charge in [0.05, 0.1) is 21.2 Å². The van der Waals surface area contributed by atoms with E-state index in [9.17, 15) is 0 Å². The molecule has 0 aliphatic rings. The van der Waals surface area contributed by atoms with Gasteiger partial charge in [-0.05, 0) is 21.6 Å². The van der Waals surface area contributed by atoms with Gasteiger partial charge in [0.15, 0.2) is 0 Å². The number of aromatic nitrogens is 4. The number of rotatable bonds is 7. The van der Waals surface area contributed by atoms with Crippen LogP contribution in [-0.4, -0.2) is 19.6 Å². The fraction of sp³-hybridized carbons (Fsp3) is 0.0625. The maximum absolute atomic E-state index is 5.00. The van der Waals surface area contributed by atoms with Crippen LogP contribution >= 0.6 is 21.6 Å². The molecule has 0 radical (unpaired) electrons. The average molecular weight is 531 g/mol. The van der Waals surface area contributed by atoms with Crippen LogP contribution in [0.15, 0.2) is 131 Å². The normalized spacial score (nSPS) is 11.1. The van der Waals surface area contributed by atoms with Gasteiger partial charge in [-0.3, -0.25) is 9.36 Å². The number of hydrogen-bond donors (Lipinski definition) is 0. The van der Waals surface area contributed by atoms with E-state index >= 15 is 0 Å². The van der Waals surface area contributed by atoms with E-state index in [0.29, 0.717) is 0 Å². The van der Waals surface area contributed by atoms with Crippen molar-refractivity contribution in [3.05, 3.63) is 121 Å². The molecule has 0 aliphatic carbocycles. The summed E-state index contributed by atoms with van der Waals surface area (Å²) in [6.07, 6.45) is 0. The fourth-order valence-corrected chi connectivity index (χ4v) is 7.39. The second-order valence-electron chi connectivity index (χ2n) is 8.93. The van der Waals surface area contributed by atoms with Crippen molar-refractivity contribution in [1.82, 2.24) is 19.6 Å². The summed E-state index contributed by atoms with van der Waals surface area (Å²) >= 11 is 0. The van der Waals surface area contributed by atoms with Crippen LogP contribution in [-0.2, 0) is 14.1 Å². The molecule has 0 saturated carbocycles. The standard InChI is InChI=1S/C32H26N4S2/c1-35-29(25-19-11-5-12-20-25)31(27(33-35)23-15-7-3-8-16-23)37-38-32-28(24-17-9-4-10-18-24)34-36(2)30(32)26-21-13-6-14-22-26/h3-22H,1-2H3. The van der Waals surface area contributed by atoms with Crippen LogP contribution in [0, 0.1) is 0 Å². The number of hydrogen-bond acceptors (Lipinski definition) is 4. The van der Waals surface area contributed by atoms with E-state index in [4.69, 9.17) is 10.2 Å². The maximum atomic E-state index is 5.00. The zero-order valence-electron chi connectivity index (χ0n) is 21.2. The summed E-state index contributed by atoms with van der Waals surface area (Å²) in [5.41, 5.74) is 8.67. The molecular formula is C32H26N4S2. The molecule has 0 amide bonds. The summed E-state index contributed by atoms with van der Waals surface area (Å²) < 4.78 is 4.00. The molecule has 0 saturated heterocycles. The van der Waals surface area contributed by atoms with Crippen molar-refractivity contribution in [1.29, 1.82) is 0 Å². The highest BCUT2D eigenvalue weighted by Gasteiger charge is 2.24. The third-order valence-corrected chi connectivity index (χ3v) is 8.84. The average Bonchev–Trinajstić information content (AvgIpc) is 3.49. The lowest BCUT2D eigenvalue weighted by atomic mass is 10.1. The molecule has 4 nitrogen and oxygen atoms in total. The quantitative estimate of drug-likeness (QED) is 0.194. The van der Waals surface area contributed by atoms with E-state index in [1.807, 2.05) is 47.7 Å². The second kappa shape index (κ2) is 10.8. The predicted octanol–water partition coefficient (Wildman–Crippen LogP) is 8.62. The Bertz CT molecular complexity index is 1530. The van der Waals surface area contributed by atoms with E-state index in [1.54, 1.807) is 21.6 Å². The van der Waals surface area contributed by atoms with Gasteiger partial charge >= 0.3 is 0 Å². The van der Waals surface area contributed by atoms with Gasteiger partial charge in [0.1, 0.15) is 11.4 Å². The Hall–Kier alpha value is -4.00. The van der Waals surface area contributed by atoms with Crippen LogP contribution in [0.1, 0.15) is 0 Å². The first-order valence-corrected chi connectivity index (χ1v) is 14.6. The molecule has 4 aromatic carbocycles. The smallest absolute Gasteiger partial charge is 0.107 e. The van der Waals surface area contributed by atoms with Crippen LogP contribution in [0.5, 0.6) is 0 Å². The van der Waals surface area contributed by atoms with Gasteiger partial charge in [0.2, 0.25) is 0 Å². The highest BCUT2D eigenvalue weighted by Crippen LogP contribution is 2.51. The Morgan fingerprint density at radius 2 is 0.711 bits per heavy atom. The Labute approximate surface area is 230 Å². The first-order valence-electron chi connectivity index (χ1n) is 12.4. The number of benzene rings is 4. The Morgan fingerprint density at radius 1 is 0.421 bits per heavy atom. The minimum Gasteiger partial charge on any atom is -0.266 e. The molecule has 0 fully saturated rings. The van der Waals surface area contributed by atoms with Crippen molar-refractivity contribution in [2.24, 2.45) is 14.1 Å². The third-order valence-electron chi connectivity index (χ3n) is 6.40. The molecule has 0 bridgehead atoms. The largest absolute Gasteiger partial charge is 0.266 e. The molecule has 2 heterocycles. The summed E-state index contributed by atoms with van der Waals surface area (Å²) in [5.74, 6) is 0. The minimum absolute atomic E-state index is 0.982. The molecule has 2 aromatic heterocycles. The number of aryl methyl sites for hydroxylation is 2. The van der Waals surface area contributed by atoms with Crippen molar-refractivity contribution in [2.45, 2.75) is 9.79 Å². The van der Waals surface area contributed by atoms with Gasteiger partial charge in [-0.1, -0.05) is 121 Å². The predicted molar refractivity (Wildman–Crippen MR) is 160 cm³/mol. The third kappa shape index (κ3) is 4.69. The first kappa shape index (κ1) is 24.3. The molecule has 0 spiro atoms. The molecule has 186 valence electrons. The molecule has 0 atom stereocenters. The zero-order chi connectivity index (χ0) is 25.9. The van der Waals surface area contributed by atoms with E-state index in [2.05, 4.69) is 97.1 Å². The zero-order valence-corrected chi connectivity index (χ0v) is 22.8. The Morgan fingerprint density at radius 3 is 1.03 bits per heavy atom. The van der Waals surface area contributed by atoms with E-state index in [0.717, 1.165) is 54.8 Å². The van der Waals surface area contributed by atoms with Crippen molar-refractivity contribution >= 4 is 21.6 Å². The highest BCUT2D eigenvalue weighted by atomic mass is 33.1. The first-order chi connectivity index (χ1) is 18.7. The minimum atomic E-state index is 0.982. The van der Waals surface area contributed by atoms with Gasteiger partial charge < -0.3 is 0 Å². The lowest BCUT2D eigenvalue weighted by Gasteiger charge is -2.10.